The van der Waals surface area contributed by atoms with Crippen molar-refractivity contribution in [1.82, 2.24) is 15.3 Å². The Bertz CT molecular complexity index is 846. The molecule has 1 aromatic carbocycles. The summed E-state index contributed by atoms with van der Waals surface area (Å²) in [5.41, 5.74) is 0.564. The molecule has 2 aliphatic rings. The molecule has 1 aromatic heterocycles. The molecule has 2 fully saturated rings. The third-order valence-corrected chi connectivity index (χ3v) is 6.08. The number of carbonyl (C=O) groups excluding carboxylic acids is 1. The number of benzene rings is 1. The van der Waals surface area contributed by atoms with E-state index in [1.165, 1.54) is 12.8 Å². The molecule has 2 saturated heterocycles. The van der Waals surface area contributed by atoms with Crippen LogP contribution in [-0.4, -0.2) is 55.3 Å². The lowest BCUT2D eigenvalue weighted by Crippen LogP contribution is -2.49. The lowest BCUT2D eigenvalue weighted by atomic mass is 9.73. The van der Waals surface area contributed by atoms with Gasteiger partial charge in [-0.05, 0) is 38.2 Å². The average molecular weight is 410 g/mol. The zero-order chi connectivity index (χ0) is 20.8. The largest absolute Gasteiger partial charge is 0.381 e. The van der Waals surface area contributed by atoms with Gasteiger partial charge in [-0.25, -0.2) is 9.97 Å². The highest BCUT2D eigenvalue weighted by Crippen LogP contribution is 2.35. The van der Waals surface area contributed by atoms with Gasteiger partial charge >= 0.3 is 0 Å². The Labute approximate surface area is 178 Å². The topological polar surface area (TPSA) is 79.4 Å². The van der Waals surface area contributed by atoms with E-state index in [0.29, 0.717) is 39.1 Å². The second-order valence-corrected chi connectivity index (χ2v) is 8.10. The summed E-state index contributed by atoms with van der Waals surface area (Å²) in [5, 5.41) is 6.48. The number of amides is 1. The molecular weight excluding hydrogens is 378 g/mol. The molecule has 4 rings (SSSR count). The summed E-state index contributed by atoms with van der Waals surface area (Å²) in [5.74, 6) is 2.63. The molecule has 0 atom stereocenters. The minimum Gasteiger partial charge on any atom is -0.381 e. The summed E-state index contributed by atoms with van der Waals surface area (Å²) in [7, 11) is 0. The molecule has 30 heavy (non-hydrogen) atoms. The van der Waals surface area contributed by atoms with Crippen molar-refractivity contribution in [1.29, 1.82) is 0 Å². The molecule has 0 saturated carbocycles. The van der Waals surface area contributed by atoms with Crippen molar-refractivity contribution < 1.29 is 9.53 Å². The fraction of sp³-hybridized carbons (Fsp3) is 0.522. The van der Waals surface area contributed by atoms with Crippen LogP contribution in [0.25, 0.3) is 0 Å². The van der Waals surface area contributed by atoms with Crippen molar-refractivity contribution in [2.24, 2.45) is 0 Å². The maximum atomic E-state index is 13.2. The minimum atomic E-state index is -0.506. The van der Waals surface area contributed by atoms with Crippen molar-refractivity contribution in [3.63, 3.8) is 0 Å². The van der Waals surface area contributed by atoms with Crippen LogP contribution in [0.2, 0.25) is 0 Å². The fourth-order valence-corrected chi connectivity index (χ4v) is 4.41. The first-order valence-corrected chi connectivity index (χ1v) is 10.9. The number of ether oxygens (including phenoxy) is 1. The summed E-state index contributed by atoms with van der Waals surface area (Å²) in [4.78, 5) is 24.6. The summed E-state index contributed by atoms with van der Waals surface area (Å²) < 4.78 is 5.53. The van der Waals surface area contributed by atoms with E-state index in [-0.39, 0.29) is 5.91 Å². The van der Waals surface area contributed by atoms with Gasteiger partial charge in [0.25, 0.3) is 0 Å². The van der Waals surface area contributed by atoms with Crippen molar-refractivity contribution >= 4 is 17.5 Å². The number of aromatic nitrogens is 2. The Morgan fingerprint density at radius 3 is 2.57 bits per heavy atom. The van der Waals surface area contributed by atoms with Gasteiger partial charge in [-0.1, -0.05) is 30.3 Å². The highest BCUT2D eigenvalue weighted by atomic mass is 16.5. The van der Waals surface area contributed by atoms with E-state index in [9.17, 15) is 4.79 Å². The number of hydrogen-bond acceptors (Lipinski definition) is 6. The van der Waals surface area contributed by atoms with Gasteiger partial charge in [0.15, 0.2) is 0 Å². The standard InChI is InChI=1S/C23H31N5O2/c1-18-26-20(17-21(27-18)28-13-5-6-14-28)24-11-12-25-22(29)23(9-15-30-16-10-23)19-7-3-2-4-8-19/h2-4,7-8,17H,5-6,9-16H2,1H3,(H,25,29)(H,24,26,27). The molecule has 0 aliphatic carbocycles. The second kappa shape index (κ2) is 9.43. The number of rotatable bonds is 7. The predicted octanol–water partition coefficient (Wildman–Crippen LogP) is 2.66. The van der Waals surface area contributed by atoms with E-state index < -0.39 is 5.41 Å². The molecule has 0 radical (unpaired) electrons. The van der Waals surface area contributed by atoms with E-state index in [2.05, 4.69) is 25.5 Å². The zero-order valence-corrected chi connectivity index (χ0v) is 17.7. The third-order valence-electron chi connectivity index (χ3n) is 6.08. The lowest BCUT2D eigenvalue weighted by Gasteiger charge is -2.36. The highest BCUT2D eigenvalue weighted by molar-refractivity contribution is 5.88. The normalized spacial score (nSPS) is 18.2. The number of nitrogens with one attached hydrogen (secondary N) is 2. The van der Waals surface area contributed by atoms with E-state index in [4.69, 9.17) is 4.74 Å². The third kappa shape index (κ3) is 4.56. The smallest absolute Gasteiger partial charge is 0.230 e. The lowest BCUT2D eigenvalue weighted by molar-refractivity contribution is -0.130. The van der Waals surface area contributed by atoms with Gasteiger partial charge in [-0.3, -0.25) is 4.79 Å². The van der Waals surface area contributed by atoms with Crippen LogP contribution in [-0.2, 0) is 14.9 Å². The van der Waals surface area contributed by atoms with E-state index in [1.807, 2.05) is 43.3 Å². The van der Waals surface area contributed by atoms with E-state index in [1.54, 1.807) is 0 Å². The first-order chi connectivity index (χ1) is 14.7. The van der Waals surface area contributed by atoms with Crippen LogP contribution >= 0.6 is 0 Å². The molecule has 0 spiro atoms. The van der Waals surface area contributed by atoms with Crippen molar-refractivity contribution in [3.8, 4) is 0 Å². The Balaban J connectivity index is 1.35. The Kier molecular flexibility index (Phi) is 6.47. The van der Waals surface area contributed by atoms with Crippen molar-refractivity contribution in [3.05, 3.63) is 47.8 Å². The van der Waals surface area contributed by atoms with Crippen LogP contribution in [0.1, 0.15) is 37.1 Å². The first kappa shape index (κ1) is 20.6. The minimum absolute atomic E-state index is 0.0791. The Hall–Kier alpha value is -2.67. The fourth-order valence-electron chi connectivity index (χ4n) is 4.41. The van der Waals surface area contributed by atoms with Gasteiger partial charge in [-0.15, -0.1) is 0 Å². The molecule has 7 heteroatoms. The van der Waals surface area contributed by atoms with Crippen LogP contribution in [0.3, 0.4) is 0 Å². The SMILES string of the molecule is Cc1nc(NCCNC(=O)C2(c3ccccc3)CCOCC2)cc(N2CCCC2)n1. The molecule has 160 valence electrons. The molecule has 0 bridgehead atoms. The summed E-state index contributed by atoms with van der Waals surface area (Å²) in [6.45, 7) is 6.40. The van der Waals surface area contributed by atoms with Gasteiger partial charge in [0.2, 0.25) is 5.91 Å². The molecule has 2 N–H and O–H groups in total. The summed E-state index contributed by atoms with van der Waals surface area (Å²) in [6, 6.07) is 12.1. The number of nitrogens with zero attached hydrogens (tertiary/aromatic N) is 3. The van der Waals surface area contributed by atoms with Crippen LogP contribution < -0.4 is 15.5 Å². The van der Waals surface area contributed by atoms with Crippen LogP contribution in [0.4, 0.5) is 11.6 Å². The quantitative estimate of drug-likeness (QED) is 0.685. The highest BCUT2D eigenvalue weighted by Gasteiger charge is 2.41. The number of aryl methyl sites for hydroxylation is 1. The van der Waals surface area contributed by atoms with Crippen molar-refractivity contribution in [2.45, 2.75) is 38.0 Å². The number of hydrogen-bond donors (Lipinski definition) is 2. The summed E-state index contributed by atoms with van der Waals surface area (Å²) >= 11 is 0. The van der Waals surface area contributed by atoms with Crippen LogP contribution in [0.15, 0.2) is 36.4 Å². The molecule has 0 unspecified atom stereocenters. The monoisotopic (exact) mass is 409 g/mol. The Morgan fingerprint density at radius 2 is 1.83 bits per heavy atom. The van der Waals surface area contributed by atoms with Crippen molar-refractivity contribution in [2.75, 3.05) is 49.6 Å². The number of carbonyl (C=O) groups is 1. The number of anilines is 2. The zero-order valence-electron chi connectivity index (χ0n) is 17.7. The Morgan fingerprint density at radius 1 is 1.10 bits per heavy atom. The van der Waals surface area contributed by atoms with Gasteiger partial charge in [0, 0.05) is 45.5 Å². The van der Waals surface area contributed by atoms with Crippen LogP contribution in [0.5, 0.6) is 0 Å². The average Bonchev–Trinajstić information content (AvgIpc) is 3.32. The molecule has 1 amide bonds. The summed E-state index contributed by atoms with van der Waals surface area (Å²) in [6.07, 6.45) is 3.85. The molecule has 7 nitrogen and oxygen atoms in total. The maximum Gasteiger partial charge on any atom is 0.230 e. The predicted molar refractivity (Wildman–Crippen MR) is 118 cm³/mol. The molecule has 2 aliphatic heterocycles. The second-order valence-electron chi connectivity index (χ2n) is 8.10. The van der Waals surface area contributed by atoms with E-state index in [0.717, 1.165) is 36.1 Å². The molecular formula is C23H31N5O2. The van der Waals surface area contributed by atoms with Gasteiger partial charge in [0.05, 0.1) is 5.41 Å². The molecule has 2 aromatic rings. The van der Waals surface area contributed by atoms with Crippen LogP contribution in [0, 0.1) is 6.92 Å². The van der Waals surface area contributed by atoms with E-state index >= 15 is 0 Å². The first-order valence-electron chi connectivity index (χ1n) is 10.9. The van der Waals surface area contributed by atoms with Gasteiger partial charge < -0.3 is 20.3 Å². The maximum absolute atomic E-state index is 13.2. The molecule has 3 heterocycles. The van der Waals surface area contributed by atoms with Gasteiger partial charge in [0.1, 0.15) is 17.5 Å². The van der Waals surface area contributed by atoms with Gasteiger partial charge in [-0.2, -0.15) is 0 Å².